The maximum Gasteiger partial charge on any atom is 0.00940 e. The number of rotatable bonds is 0. The summed E-state index contributed by atoms with van der Waals surface area (Å²) >= 11 is 0. The lowest BCUT2D eigenvalue weighted by molar-refractivity contribution is 0.0409. The fraction of sp³-hybridized carbons (Fsp3) is 1.00. The molecule has 2 rings (SSSR count). The zero-order chi connectivity index (χ0) is 10.3. The van der Waals surface area contributed by atoms with Crippen molar-refractivity contribution >= 4 is 0 Å². The number of nitrogens with two attached hydrogens (primary N) is 1. The first-order valence-electron chi connectivity index (χ1n) is 5.28. The molecule has 0 amide bonds. The normalized spacial score (nSPS) is 23.8. The summed E-state index contributed by atoms with van der Waals surface area (Å²) in [7, 11) is 3.70. The van der Waals surface area contributed by atoms with Crippen LogP contribution in [-0.4, -0.2) is 45.2 Å². The Labute approximate surface area is 82.7 Å². The molecule has 2 fully saturated rings. The largest absolute Gasteiger partial charge is 0.333 e. The van der Waals surface area contributed by atoms with Gasteiger partial charge in [-0.15, -0.1) is 0 Å². The molecule has 2 aliphatic rings. The van der Waals surface area contributed by atoms with Crippen molar-refractivity contribution in [2.24, 2.45) is 11.1 Å². The van der Waals surface area contributed by atoms with Gasteiger partial charge in [-0.05, 0) is 27.1 Å². The van der Waals surface area contributed by atoms with E-state index in [1.54, 1.807) is 0 Å². The first kappa shape index (κ1) is 12.9. The predicted octanol–water partition coefficient (Wildman–Crippen LogP) is 0.513. The molecule has 80 valence electrons. The van der Waals surface area contributed by atoms with E-state index in [2.05, 4.69) is 23.0 Å². The molecule has 3 heteroatoms. The van der Waals surface area contributed by atoms with Crippen LogP contribution in [0.25, 0.3) is 0 Å². The van der Waals surface area contributed by atoms with E-state index in [1.807, 2.05) is 13.8 Å². The fourth-order valence-corrected chi connectivity index (χ4v) is 2.16. The van der Waals surface area contributed by atoms with Gasteiger partial charge >= 0.3 is 0 Å². The number of nitrogens with one attached hydrogen (secondary N) is 1. The summed E-state index contributed by atoms with van der Waals surface area (Å²) in [6, 6.07) is 0. The number of hydrogen-bond acceptors (Lipinski definition) is 3. The molecule has 0 aliphatic carbocycles. The molecular weight excluding hydrogens is 162 g/mol. The average Bonchev–Trinajstić information content (AvgIpc) is 2.60. The summed E-state index contributed by atoms with van der Waals surface area (Å²) in [4.78, 5) is 2.40. The van der Waals surface area contributed by atoms with Gasteiger partial charge in [0.15, 0.2) is 0 Å². The van der Waals surface area contributed by atoms with Gasteiger partial charge in [0.05, 0.1) is 0 Å². The zero-order valence-corrected chi connectivity index (χ0v) is 9.56. The smallest absolute Gasteiger partial charge is 0.00940 e. The van der Waals surface area contributed by atoms with Crippen molar-refractivity contribution < 1.29 is 0 Å². The Morgan fingerprint density at radius 1 is 1.23 bits per heavy atom. The molecule has 0 aromatic rings. The third-order valence-corrected chi connectivity index (χ3v) is 2.54. The van der Waals surface area contributed by atoms with Crippen LogP contribution >= 0.6 is 0 Å². The Kier molecular flexibility index (Phi) is 6.29. The van der Waals surface area contributed by atoms with E-state index in [4.69, 9.17) is 0 Å². The van der Waals surface area contributed by atoms with Crippen LogP contribution in [0.1, 0.15) is 20.3 Å². The molecule has 0 atom stereocenters. The summed E-state index contributed by atoms with van der Waals surface area (Å²) < 4.78 is 0. The van der Waals surface area contributed by atoms with E-state index in [0.29, 0.717) is 5.41 Å². The van der Waals surface area contributed by atoms with Crippen LogP contribution in [0.3, 0.4) is 0 Å². The minimum Gasteiger partial charge on any atom is -0.333 e. The van der Waals surface area contributed by atoms with E-state index in [0.717, 1.165) is 0 Å². The monoisotopic (exact) mass is 187 g/mol. The number of nitrogens with zero attached hydrogens (tertiary/aromatic N) is 1. The fourth-order valence-electron chi connectivity index (χ4n) is 2.16. The van der Waals surface area contributed by atoms with Crippen molar-refractivity contribution in [3.63, 3.8) is 0 Å². The second kappa shape index (κ2) is 6.35. The summed E-state index contributed by atoms with van der Waals surface area (Å²) in [6.45, 7) is 9.14. The topological polar surface area (TPSA) is 41.3 Å². The highest BCUT2D eigenvalue weighted by molar-refractivity contribution is 4.98. The third kappa shape index (κ3) is 3.25. The highest BCUT2D eigenvalue weighted by atomic mass is 15.2. The molecule has 3 nitrogen and oxygen atoms in total. The summed E-state index contributed by atoms with van der Waals surface area (Å²) in [5.41, 5.74) is 5.20. The van der Waals surface area contributed by atoms with Gasteiger partial charge < -0.3 is 16.0 Å². The van der Waals surface area contributed by atoms with Gasteiger partial charge in [-0.3, -0.25) is 0 Å². The van der Waals surface area contributed by atoms with Crippen LogP contribution in [0, 0.1) is 5.41 Å². The maximum absolute atomic E-state index is 4.50. The van der Waals surface area contributed by atoms with Crippen molar-refractivity contribution in [3.8, 4) is 0 Å². The highest BCUT2D eigenvalue weighted by Gasteiger charge is 2.42. The number of likely N-dealkylation sites (tertiary alicyclic amines) is 1. The summed E-state index contributed by atoms with van der Waals surface area (Å²) in [5, 5.41) is 3.41. The molecule has 0 aromatic carbocycles. The minimum absolute atomic E-state index is 0.703. The van der Waals surface area contributed by atoms with E-state index in [-0.39, 0.29) is 0 Å². The predicted molar refractivity (Wildman–Crippen MR) is 58.9 cm³/mol. The molecule has 0 bridgehead atoms. The second-order valence-electron chi connectivity index (χ2n) is 3.60. The SMILES string of the molecule is CC.CN.CN1CC2(CCNC2)C1. The Morgan fingerprint density at radius 3 is 2.08 bits per heavy atom. The van der Waals surface area contributed by atoms with E-state index >= 15 is 0 Å². The zero-order valence-electron chi connectivity index (χ0n) is 9.56. The van der Waals surface area contributed by atoms with Crippen molar-refractivity contribution in [2.75, 3.05) is 40.3 Å². The van der Waals surface area contributed by atoms with Gasteiger partial charge in [0, 0.05) is 25.0 Å². The molecular formula is C10H25N3. The third-order valence-electron chi connectivity index (χ3n) is 2.54. The number of hydrogen-bond donors (Lipinski definition) is 2. The lowest BCUT2D eigenvalue weighted by atomic mass is 9.80. The minimum atomic E-state index is 0.703. The van der Waals surface area contributed by atoms with Crippen molar-refractivity contribution in [2.45, 2.75) is 20.3 Å². The van der Waals surface area contributed by atoms with Crippen LogP contribution in [0.15, 0.2) is 0 Å². The summed E-state index contributed by atoms with van der Waals surface area (Å²) in [5.74, 6) is 0. The highest BCUT2D eigenvalue weighted by Crippen LogP contribution is 2.34. The van der Waals surface area contributed by atoms with Gasteiger partial charge in [-0.1, -0.05) is 13.8 Å². The Hall–Kier alpha value is -0.120. The maximum atomic E-state index is 4.50. The quantitative estimate of drug-likeness (QED) is 0.581. The Morgan fingerprint density at radius 2 is 1.77 bits per heavy atom. The van der Waals surface area contributed by atoms with Gasteiger partial charge in [-0.25, -0.2) is 0 Å². The van der Waals surface area contributed by atoms with Crippen molar-refractivity contribution in [1.82, 2.24) is 10.2 Å². The van der Waals surface area contributed by atoms with Gasteiger partial charge in [0.1, 0.15) is 0 Å². The van der Waals surface area contributed by atoms with Gasteiger partial charge in [0.2, 0.25) is 0 Å². The summed E-state index contributed by atoms with van der Waals surface area (Å²) in [6.07, 6.45) is 1.40. The molecule has 1 spiro atoms. The van der Waals surface area contributed by atoms with Crippen molar-refractivity contribution in [1.29, 1.82) is 0 Å². The molecule has 2 saturated heterocycles. The molecule has 0 aromatic heterocycles. The van der Waals surface area contributed by atoms with E-state index in [9.17, 15) is 0 Å². The van der Waals surface area contributed by atoms with Crippen LogP contribution in [0.5, 0.6) is 0 Å². The first-order valence-corrected chi connectivity index (χ1v) is 5.28. The van der Waals surface area contributed by atoms with Crippen LogP contribution < -0.4 is 11.1 Å². The molecule has 0 saturated carbocycles. The molecule has 0 unspecified atom stereocenters. The molecule has 2 heterocycles. The lowest BCUT2D eigenvalue weighted by Crippen LogP contribution is -2.55. The molecule has 2 aliphatic heterocycles. The average molecular weight is 187 g/mol. The van der Waals surface area contributed by atoms with Crippen molar-refractivity contribution in [3.05, 3.63) is 0 Å². The van der Waals surface area contributed by atoms with Crippen LogP contribution in [0.2, 0.25) is 0 Å². The van der Waals surface area contributed by atoms with Gasteiger partial charge in [-0.2, -0.15) is 0 Å². The van der Waals surface area contributed by atoms with Gasteiger partial charge in [0.25, 0.3) is 0 Å². The molecule has 13 heavy (non-hydrogen) atoms. The molecule has 0 radical (unpaired) electrons. The lowest BCUT2D eigenvalue weighted by Gasteiger charge is -2.45. The van der Waals surface area contributed by atoms with Crippen LogP contribution in [0.4, 0.5) is 0 Å². The van der Waals surface area contributed by atoms with Crippen LogP contribution in [-0.2, 0) is 0 Å². The second-order valence-corrected chi connectivity index (χ2v) is 3.60. The standard InChI is InChI=1S/C7H14N2.C2H6.CH5N/c1-9-5-7(6-9)2-3-8-4-7;2*1-2/h8H,2-6H2,1H3;1-2H3;2H2,1H3. The molecule has 3 N–H and O–H groups in total. The first-order chi connectivity index (χ1) is 6.31. The Bertz CT molecular complexity index is 111. The van der Waals surface area contributed by atoms with E-state index < -0.39 is 0 Å². The van der Waals surface area contributed by atoms with E-state index in [1.165, 1.54) is 39.6 Å². The Balaban J connectivity index is 0.000000322.